The van der Waals surface area contributed by atoms with Gasteiger partial charge in [0.05, 0.1) is 17.4 Å². The number of anilines is 5. The molecule has 13 heteroatoms. The van der Waals surface area contributed by atoms with E-state index < -0.39 is 23.5 Å². The van der Waals surface area contributed by atoms with Crippen LogP contribution in [-0.4, -0.2) is 58.9 Å². The molecule has 3 N–H and O–H groups in total. The molecule has 1 aliphatic heterocycles. The van der Waals surface area contributed by atoms with E-state index in [-0.39, 0.29) is 22.7 Å². The lowest BCUT2D eigenvalue weighted by molar-refractivity contribution is -0.138. The van der Waals surface area contributed by atoms with Crippen molar-refractivity contribution in [3.05, 3.63) is 87.8 Å². The fraction of sp³-hybridized carbons (Fsp3) is 0.300. The van der Waals surface area contributed by atoms with Gasteiger partial charge in [-0.25, -0.2) is 14.4 Å². The van der Waals surface area contributed by atoms with Crippen LogP contribution < -0.4 is 16.0 Å². The highest BCUT2D eigenvalue weighted by Gasteiger charge is 2.34. The number of rotatable bonds is 8. The summed E-state index contributed by atoms with van der Waals surface area (Å²) in [4.78, 5) is 25.8. The van der Waals surface area contributed by atoms with Crippen LogP contribution in [0.1, 0.15) is 32.1 Å². The third kappa shape index (κ3) is 7.66. The smallest absolute Gasteiger partial charge is 0.355 e. The Kier molecular flexibility index (Phi) is 8.95. The summed E-state index contributed by atoms with van der Waals surface area (Å²) in [7, 11) is 2.00. The summed E-state index contributed by atoms with van der Waals surface area (Å²) >= 11 is 1.05. The number of carbonyl (C=O) groups is 1. The van der Waals surface area contributed by atoms with Crippen LogP contribution >= 0.6 is 11.3 Å². The first-order valence-electron chi connectivity index (χ1n) is 13.6. The maximum Gasteiger partial charge on any atom is 0.416 e. The number of piperazine rings is 1. The molecule has 3 heterocycles. The minimum Gasteiger partial charge on any atom is -0.355 e. The summed E-state index contributed by atoms with van der Waals surface area (Å²) in [5, 5.41) is 9.05. The quantitative estimate of drug-likeness (QED) is 0.189. The van der Waals surface area contributed by atoms with Crippen molar-refractivity contribution in [2.24, 2.45) is 0 Å². The van der Waals surface area contributed by atoms with Crippen LogP contribution in [0.5, 0.6) is 0 Å². The Labute approximate surface area is 250 Å². The van der Waals surface area contributed by atoms with E-state index in [1.54, 1.807) is 44.2 Å². The minimum atomic E-state index is -4.50. The molecule has 5 rings (SSSR count). The average Bonchev–Trinajstić information content (AvgIpc) is 3.40. The van der Waals surface area contributed by atoms with Gasteiger partial charge in [0.2, 0.25) is 0 Å². The number of aryl methyl sites for hydroxylation is 2. The molecule has 2 aromatic carbocycles. The minimum absolute atomic E-state index is 0.104. The lowest BCUT2D eigenvalue weighted by Gasteiger charge is -2.33. The van der Waals surface area contributed by atoms with Gasteiger partial charge in [-0.2, -0.15) is 13.2 Å². The molecule has 0 aliphatic carbocycles. The lowest BCUT2D eigenvalue weighted by atomic mass is 10.0. The van der Waals surface area contributed by atoms with E-state index in [2.05, 4.69) is 30.8 Å². The Hall–Kier alpha value is -4.07. The number of likely N-dealkylation sites (N-methyl/N-ethyl adjacent to an activating group) is 1. The molecular formula is C30H31F4N7OS. The van der Waals surface area contributed by atoms with Gasteiger partial charge in [-0.1, -0.05) is 29.5 Å². The van der Waals surface area contributed by atoms with Crippen molar-refractivity contribution in [3.8, 4) is 0 Å². The topological polar surface area (TPSA) is 85.4 Å². The van der Waals surface area contributed by atoms with Gasteiger partial charge in [0.15, 0.2) is 5.13 Å². The predicted octanol–water partition coefficient (Wildman–Crippen LogP) is 6.80. The summed E-state index contributed by atoms with van der Waals surface area (Å²) in [5.74, 6) is -0.654. The number of benzene rings is 2. The van der Waals surface area contributed by atoms with Crippen molar-refractivity contribution in [1.29, 1.82) is 0 Å². The first kappa shape index (κ1) is 30.4. The summed E-state index contributed by atoms with van der Waals surface area (Å²) in [5.41, 5.74) is 1.70. The summed E-state index contributed by atoms with van der Waals surface area (Å²) in [6.45, 7) is 6.77. The molecule has 0 atom stereocenters. The van der Waals surface area contributed by atoms with E-state index in [0.29, 0.717) is 33.6 Å². The van der Waals surface area contributed by atoms with Crippen molar-refractivity contribution in [3.63, 3.8) is 0 Å². The van der Waals surface area contributed by atoms with Crippen molar-refractivity contribution in [2.45, 2.75) is 26.6 Å². The van der Waals surface area contributed by atoms with Gasteiger partial charge in [-0.05, 0) is 56.3 Å². The van der Waals surface area contributed by atoms with Crippen LogP contribution in [0.3, 0.4) is 0 Å². The maximum absolute atomic E-state index is 14.1. The molecule has 1 amide bonds. The molecule has 2 aromatic heterocycles. The number of halogens is 4. The zero-order valence-electron chi connectivity index (χ0n) is 23.8. The van der Waals surface area contributed by atoms with Crippen molar-refractivity contribution in [2.75, 3.05) is 49.2 Å². The normalized spacial score (nSPS) is 14.5. The number of aromatic nitrogens is 2. The molecule has 1 fully saturated rings. The Morgan fingerprint density at radius 2 is 1.77 bits per heavy atom. The highest BCUT2D eigenvalue weighted by molar-refractivity contribution is 7.17. The molecule has 4 aromatic rings. The number of nitrogens with one attached hydrogen (secondary N) is 3. The van der Waals surface area contributed by atoms with Gasteiger partial charge in [0.1, 0.15) is 16.5 Å². The number of carbonyl (C=O) groups excluding carboxylic acids is 1. The zero-order chi connectivity index (χ0) is 30.7. The largest absolute Gasteiger partial charge is 0.416 e. The number of pyridine rings is 1. The molecule has 8 nitrogen and oxygen atoms in total. The number of hydrogen-bond acceptors (Lipinski definition) is 8. The molecule has 0 unspecified atom stereocenters. The van der Waals surface area contributed by atoms with E-state index in [4.69, 9.17) is 0 Å². The van der Waals surface area contributed by atoms with E-state index in [0.717, 1.165) is 43.6 Å². The lowest BCUT2D eigenvalue weighted by Crippen LogP contribution is -2.44. The number of nitrogens with zero attached hydrogens (tertiary/aromatic N) is 4. The summed E-state index contributed by atoms with van der Waals surface area (Å²) < 4.78 is 56.3. The second kappa shape index (κ2) is 12.7. The van der Waals surface area contributed by atoms with Crippen LogP contribution in [0, 0.1) is 19.7 Å². The zero-order valence-corrected chi connectivity index (χ0v) is 24.7. The fourth-order valence-electron chi connectivity index (χ4n) is 4.79. The van der Waals surface area contributed by atoms with Gasteiger partial charge < -0.3 is 20.9 Å². The predicted molar refractivity (Wildman–Crippen MR) is 161 cm³/mol. The molecule has 1 saturated heterocycles. The summed E-state index contributed by atoms with van der Waals surface area (Å²) in [6.07, 6.45) is -3.13. The molecule has 0 bridgehead atoms. The van der Waals surface area contributed by atoms with Crippen molar-refractivity contribution >= 4 is 45.3 Å². The third-order valence-corrected chi connectivity index (χ3v) is 7.98. The number of alkyl halides is 3. The van der Waals surface area contributed by atoms with Crippen LogP contribution in [-0.2, 0) is 12.7 Å². The van der Waals surface area contributed by atoms with Crippen LogP contribution in [0.25, 0.3) is 0 Å². The third-order valence-electron chi connectivity index (χ3n) is 7.07. The first-order valence-corrected chi connectivity index (χ1v) is 14.4. The molecule has 226 valence electrons. The van der Waals surface area contributed by atoms with Gasteiger partial charge in [0.25, 0.3) is 5.91 Å². The molecule has 0 saturated carbocycles. The van der Waals surface area contributed by atoms with Gasteiger partial charge in [-0.3, -0.25) is 9.69 Å². The first-order chi connectivity index (χ1) is 20.4. The number of thiazole rings is 1. The van der Waals surface area contributed by atoms with Crippen molar-refractivity contribution in [1.82, 2.24) is 19.8 Å². The fourth-order valence-corrected chi connectivity index (χ4v) is 5.50. The van der Waals surface area contributed by atoms with Crippen LogP contribution in [0.2, 0.25) is 0 Å². The Bertz CT molecular complexity index is 1600. The van der Waals surface area contributed by atoms with E-state index in [1.807, 2.05) is 11.9 Å². The molecular weight excluding hydrogens is 582 g/mol. The van der Waals surface area contributed by atoms with Crippen LogP contribution in [0.15, 0.2) is 54.7 Å². The number of hydrogen-bond donors (Lipinski definition) is 3. The summed E-state index contributed by atoms with van der Waals surface area (Å²) in [6, 6.07) is 12.2. The molecule has 1 aliphatic rings. The van der Waals surface area contributed by atoms with E-state index >= 15 is 0 Å². The van der Waals surface area contributed by atoms with E-state index in [1.165, 1.54) is 18.3 Å². The van der Waals surface area contributed by atoms with Gasteiger partial charge in [0, 0.05) is 55.9 Å². The Morgan fingerprint density at radius 3 is 2.49 bits per heavy atom. The number of para-hydroxylation sites is 1. The monoisotopic (exact) mass is 613 g/mol. The van der Waals surface area contributed by atoms with Crippen LogP contribution in [0.4, 0.5) is 45.6 Å². The highest BCUT2D eigenvalue weighted by atomic mass is 32.1. The SMILES string of the molecule is Cc1cc(Nc2ccc(CN3CCN(C)CC3)c(C(F)(F)F)c2)cc(Nc2ncc(C(=O)Nc3c(C)cccc3F)s2)n1. The standard InChI is InChI=1S/C30H31F4N7OS/c1-18-5-4-6-24(31)27(18)39-28(42)25-16-35-29(43-25)38-26-15-22(13-19(2)36-26)37-21-8-7-20(23(14-21)30(32,33)34)17-41-11-9-40(3)10-12-41/h4-8,13-16H,9-12,17H2,1-3H3,(H,39,42)(H2,35,36,37,38). The molecule has 0 spiro atoms. The highest BCUT2D eigenvalue weighted by Crippen LogP contribution is 2.36. The molecule has 43 heavy (non-hydrogen) atoms. The van der Waals surface area contributed by atoms with Gasteiger partial charge >= 0.3 is 6.18 Å². The Balaban J connectivity index is 1.29. The Morgan fingerprint density at radius 1 is 1.00 bits per heavy atom. The van der Waals surface area contributed by atoms with E-state index in [9.17, 15) is 22.4 Å². The van der Waals surface area contributed by atoms with Gasteiger partial charge in [-0.15, -0.1) is 0 Å². The number of amides is 1. The second-order valence-electron chi connectivity index (χ2n) is 10.5. The second-order valence-corrected chi connectivity index (χ2v) is 11.5. The maximum atomic E-state index is 14.1. The molecule has 0 radical (unpaired) electrons. The van der Waals surface area contributed by atoms with Crippen molar-refractivity contribution < 1.29 is 22.4 Å². The average molecular weight is 614 g/mol.